The van der Waals surface area contributed by atoms with Crippen molar-refractivity contribution in [2.24, 2.45) is 17.8 Å². The van der Waals surface area contributed by atoms with Crippen molar-refractivity contribution < 1.29 is 24.2 Å². The van der Waals surface area contributed by atoms with Crippen LogP contribution < -0.4 is 9.47 Å². The minimum Gasteiger partial charge on any atom is -0.494 e. The zero-order valence-electron chi connectivity index (χ0n) is 28.3. The van der Waals surface area contributed by atoms with E-state index < -0.39 is 17.9 Å². The van der Waals surface area contributed by atoms with E-state index in [0.29, 0.717) is 43.8 Å². The monoisotopic (exact) mass is 651 g/mol. The molecule has 0 aromatic heterocycles. The summed E-state index contributed by atoms with van der Waals surface area (Å²) in [4.78, 5) is 26.3. The summed E-state index contributed by atoms with van der Waals surface area (Å²) in [5, 5.41) is 20.9. The molecule has 6 nitrogen and oxygen atoms in total. The SMILES string of the molecule is CCCCCCOc1ccc(C(O)C(CCCC2CCCC2)C(=N)C(CC)C(=O)CCCC(=O)c2ccc(OCCP)cc2)cc1. The van der Waals surface area contributed by atoms with E-state index in [9.17, 15) is 20.1 Å². The van der Waals surface area contributed by atoms with Gasteiger partial charge in [-0.05, 0) is 79.7 Å². The first-order valence-electron chi connectivity index (χ1n) is 17.9. The second-order valence-corrected chi connectivity index (χ2v) is 13.5. The lowest BCUT2D eigenvalue weighted by Gasteiger charge is -2.28. The van der Waals surface area contributed by atoms with Gasteiger partial charge in [-0.3, -0.25) is 9.59 Å². The summed E-state index contributed by atoms with van der Waals surface area (Å²) in [7, 11) is 2.62. The van der Waals surface area contributed by atoms with Crippen molar-refractivity contribution >= 4 is 26.5 Å². The average molecular weight is 652 g/mol. The number of rotatable bonds is 24. The van der Waals surface area contributed by atoms with Gasteiger partial charge in [0.05, 0.1) is 25.2 Å². The van der Waals surface area contributed by atoms with E-state index in [4.69, 9.17) is 9.47 Å². The maximum absolute atomic E-state index is 13.5. The van der Waals surface area contributed by atoms with Crippen LogP contribution in [0.5, 0.6) is 11.5 Å². The summed E-state index contributed by atoms with van der Waals surface area (Å²) in [6.07, 6.45) is 13.9. The lowest BCUT2D eigenvalue weighted by atomic mass is 9.78. The fourth-order valence-electron chi connectivity index (χ4n) is 6.66. The van der Waals surface area contributed by atoms with E-state index in [1.165, 1.54) is 38.5 Å². The Balaban J connectivity index is 1.60. The van der Waals surface area contributed by atoms with Gasteiger partial charge in [0.1, 0.15) is 17.3 Å². The largest absolute Gasteiger partial charge is 0.494 e. The summed E-state index contributed by atoms with van der Waals surface area (Å²) >= 11 is 0. The van der Waals surface area contributed by atoms with E-state index in [1.807, 2.05) is 31.2 Å². The third-order valence-electron chi connectivity index (χ3n) is 9.43. The molecular formula is C39H58NO5P. The van der Waals surface area contributed by atoms with Gasteiger partial charge in [0.15, 0.2) is 5.78 Å². The number of hydrogen-bond acceptors (Lipinski definition) is 6. The second-order valence-electron chi connectivity index (χ2n) is 12.9. The molecule has 1 saturated carbocycles. The van der Waals surface area contributed by atoms with Gasteiger partial charge in [-0.15, -0.1) is 9.24 Å². The van der Waals surface area contributed by atoms with Crippen LogP contribution in [-0.2, 0) is 4.79 Å². The molecule has 0 saturated heterocycles. The summed E-state index contributed by atoms with van der Waals surface area (Å²) in [6.45, 7) is 5.42. The highest BCUT2D eigenvalue weighted by Crippen LogP contribution is 2.35. The van der Waals surface area contributed by atoms with Gasteiger partial charge in [0, 0.05) is 30.0 Å². The van der Waals surface area contributed by atoms with Crippen molar-refractivity contribution in [2.45, 2.75) is 116 Å². The fraction of sp³-hybridized carbons (Fsp3) is 0.615. The molecule has 0 heterocycles. The van der Waals surface area contributed by atoms with E-state index in [-0.39, 0.29) is 24.4 Å². The number of Topliss-reactive ketones (excluding diaryl/α,β-unsaturated/α-hetero) is 2. The predicted molar refractivity (Wildman–Crippen MR) is 192 cm³/mol. The summed E-state index contributed by atoms with van der Waals surface area (Å²) in [6, 6.07) is 14.8. The van der Waals surface area contributed by atoms with Gasteiger partial charge in [-0.1, -0.05) is 83.8 Å². The Morgan fingerprint density at radius 3 is 2.15 bits per heavy atom. The van der Waals surface area contributed by atoms with Gasteiger partial charge >= 0.3 is 0 Å². The molecule has 3 rings (SSSR count). The predicted octanol–water partition coefficient (Wildman–Crippen LogP) is 9.58. The summed E-state index contributed by atoms with van der Waals surface area (Å²) in [5.74, 6) is 1.27. The first-order chi connectivity index (χ1) is 22.4. The van der Waals surface area contributed by atoms with E-state index >= 15 is 0 Å². The molecule has 2 N–H and O–H groups in total. The topological polar surface area (TPSA) is 96.7 Å². The van der Waals surface area contributed by atoms with E-state index in [0.717, 1.165) is 54.8 Å². The zero-order valence-corrected chi connectivity index (χ0v) is 29.5. The normalized spacial score (nSPS) is 15.3. The van der Waals surface area contributed by atoms with Crippen molar-refractivity contribution in [2.75, 3.05) is 19.4 Å². The Kier molecular flexibility index (Phi) is 17.6. The third-order valence-corrected chi connectivity index (χ3v) is 9.67. The quantitative estimate of drug-likeness (QED) is 0.0510. The number of nitrogens with one attached hydrogen (secondary N) is 1. The Morgan fingerprint density at radius 2 is 1.52 bits per heavy atom. The van der Waals surface area contributed by atoms with Crippen LogP contribution >= 0.6 is 9.24 Å². The van der Waals surface area contributed by atoms with E-state index in [2.05, 4.69) is 16.2 Å². The maximum atomic E-state index is 13.5. The average Bonchev–Trinajstić information content (AvgIpc) is 3.60. The van der Waals surface area contributed by atoms with Crippen LogP contribution in [0.3, 0.4) is 0 Å². The number of aliphatic hydroxyl groups excluding tert-OH is 1. The van der Waals surface area contributed by atoms with Crippen molar-refractivity contribution in [3.8, 4) is 11.5 Å². The second kappa shape index (κ2) is 21.3. The van der Waals surface area contributed by atoms with Gasteiger partial charge in [0.25, 0.3) is 0 Å². The van der Waals surface area contributed by atoms with Gasteiger partial charge < -0.3 is 20.0 Å². The standard InChI is InChI=1S/C39H58NO5P/c1-3-5-6-9-26-44-32-24-20-31(21-25-32)39(43)35(15-10-14-29-12-7-8-13-29)38(40)34(4-2)37(42)17-11-16-36(41)30-18-22-33(23-19-30)45-27-28-46/h18-25,29,34-35,39-40,43H,3-17,26-28,46H2,1-2H3. The molecule has 4 atom stereocenters. The highest BCUT2D eigenvalue weighted by molar-refractivity contribution is 7.16. The van der Waals surface area contributed by atoms with Crippen LogP contribution in [0.25, 0.3) is 0 Å². The molecule has 0 bridgehead atoms. The molecule has 7 heteroatoms. The number of ketones is 2. The summed E-state index contributed by atoms with van der Waals surface area (Å²) in [5.41, 5.74) is 1.70. The van der Waals surface area contributed by atoms with Crippen molar-refractivity contribution in [1.29, 1.82) is 5.41 Å². The molecule has 2 aromatic rings. The van der Waals surface area contributed by atoms with Crippen molar-refractivity contribution in [1.82, 2.24) is 0 Å². The molecule has 1 aliphatic carbocycles. The number of unbranched alkanes of at least 4 members (excludes halogenated alkanes) is 3. The number of carbonyl (C=O) groups excluding carboxylic acids is 2. The molecule has 0 radical (unpaired) electrons. The van der Waals surface area contributed by atoms with Crippen LogP contribution in [0.4, 0.5) is 0 Å². The maximum Gasteiger partial charge on any atom is 0.162 e. The minimum atomic E-state index is -0.860. The van der Waals surface area contributed by atoms with Crippen LogP contribution in [0.15, 0.2) is 48.5 Å². The molecule has 254 valence electrons. The minimum absolute atomic E-state index is 0.00196. The highest BCUT2D eigenvalue weighted by Gasteiger charge is 2.32. The highest BCUT2D eigenvalue weighted by atomic mass is 31.0. The number of hydrogen-bond donors (Lipinski definition) is 2. The smallest absolute Gasteiger partial charge is 0.162 e. The third kappa shape index (κ3) is 12.6. The number of benzene rings is 2. The molecule has 0 amide bonds. The Hall–Kier alpha value is -2.56. The van der Waals surface area contributed by atoms with Crippen molar-refractivity contribution in [3.63, 3.8) is 0 Å². The molecule has 1 fully saturated rings. The lowest BCUT2D eigenvalue weighted by Crippen LogP contribution is -2.32. The molecule has 0 aliphatic heterocycles. The molecule has 0 spiro atoms. The van der Waals surface area contributed by atoms with Crippen molar-refractivity contribution in [3.05, 3.63) is 59.7 Å². The molecule has 46 heavy (non-hydrogen) atoms. The molecule has 4 unspecified atom stereocenters. The van der Waals surface area contributed by atoms with Crippen LogP contribution in [0.2, 0.25) is 0 Å². The van der Waals surface area contributed by atoms with E-state index in [1.54, 1.807) is 24.3 Å². The number of aliphatic hydroxyl groups is 1. The molecule has 2 aromatic carbocycles. The Morgan fingerprint density at radius 1 is 0.870 bits per heavy atom. The summed E-state index contributed by atoms with van der Waals surface area (Å²) < 4.78 is 11.5. The zero-order chi connectivity index (χ0) is 33.1. The molecule has 1 aliphatic rings. The number of carbonyl (C=O) groups is 2. The fourth-order valence-corrected chi connectivity index (χ4v) is 6.77. The lowest BCUT2D eigenvalue weighted by molar-refractivity contribution is -0.121. The Bertz CT molecular complexity index is 1180. The van der Waals surface area contributed by atoms with Crippen LogP contribution in [-0.4, -0.2) is 41.8 Å². The Labute approximate surface area is 280 Å². The van der Waals surface area contributed by atoms with Gasteiger partial charge in [-0.2, -0.15) is 0 Å². The first-order valence-corrected chi connectivity index (χ1v) is 18.7. The van der Waals surface area contributed by atoms with Crippen LogP contribution in [0, 0.1) is 23.2 Å². The van der Waals surface area contributed by atoms with Gasteiger partial charge in [-0.25, -0.2) is 0 Å². The molecular weight excluding hydrogens is 593 g/mol. The number of ether oxygens (including phenoxy) is 2. The van der Waals surface area contributed by atoms with Gasteiger partial charge in [0.2, 0.25) is 0 Å². The first kappa shape index (κ1) is 37.9. The van der Waals surface area contributed by atoms with Crippen LogP contribution in [0.1, 0.15) is 132 Å².